The molecule has 29 heavy (non-hydrogen) atoms. The summed E-state index contributed by atoms with van der Waals surface area (Å²) in [6.07, 6.45) is 1.90. The summed E-state index contributed by atoms with van der Waals surface area (Å²) in [4.78, 5) is 13.2. The summed E-state index contributed by atoms with van der Waals surface area (Å²) >= 11 is 0. The van der Waals surface area contributed by atoms with Gasteiger partial charge in [0.2, 0.25) is 0 Å². The van der Waals surface area contributed by atoms with Crippen molar-refractivity contribution < 1.29 is 14.3 Å². The zero-order valence-electron chi connectivity index (χ0n) is 16.9. The molecule has 0 bridgehead atoms. The van der Waals surface area contributed by atoms with Gasteiger partial charge in [0.05, 0.1) is 20.3 Å². The van der Waals surface area contributed by atoms with Gasteiger partial charge in [0.1, 0.15) is 11.5 Å². The Hall–Kier alpha value is -3.53. The van der Waals surface area contributed by atoms with Crippen molar-refractivity contribution in [2.45, 2.75) is 13.0 Å². The maximum atomic E-state index is 13.2. The van der Waals surface area contributed by atoms with Crippen molar-refractivity contribution >= 4 is 17.6 Å². The number of nitrogens with one attached hydrogen (secondary N) is 1. The van der Waals surface area contributed by atoms with Crippen molar-refractivity contribution in [1.29, 1.82) is 0 Å². The van der Waals surface area contributed by atoms with Crippen LogP contribution in [0, 0.1) is 0 Å². The molecule has 3 aromatic rings. The van der Waals surface area contributed by atoms with Gasteiger partial charge in [-0.15, -0.1) is 0 Å². The molecule has 0 aliphatic heterocycles. The highest BCUT2D eigenvalue weighted by Crippen LogP contribution is 2.30. The number of benzene rings is 3. The van der Waals surface area contributed by atoms with E-state index < -0.39 is 0 Å². The third-order valence-electron chi connectivity index (χ3n) is 4.69. The lowest BCUT2D eigenvalue weighted by atomic mass is 10.0. The fourth-order valence-electron chi connectivity index (χ4n) is 3.14. The minimum Gasteiger partial charge on any atom is -0.497 e. The number of ether oxygens (including phenoxy) is 2. The van der Waals surface area contributed by atoms with Gasteiger partial charge in [-0.2, -0.15) is 0 Å². The van der Waals surface area contributed by atoms with Crippen LogP contribution in [0.5, 0.6) is 11.5 Å². The van der Waals surface area contributed by atoms with E-state index in [1.807, 2.05) is 91.9 Å². The van der Waals surface area contributed by atoms with Crippen LogP contribution < -0.4 is 14.8 Å². The topological polar surface area (TPSA) is 47.6 Å². The Morgan fingerprint density at radius 1 is 0.897 bits per heavy atom. The average molecular weight is 387 g/mol. The molecule has 0 saturated carbocycles. The van der Waals surface area contributed by atoms with Gasteiger partial charge < -0.3 is 14.8 Å². The largest absolute Gasteiger partial charge is 0.497 e. The monoisotopic (exact) mass is 387 g/mol. The Balaban J connectivity index is 1.92. The van der Waals surface area contributed by atoms with E-state index in [1.54, 1.807) is 14.2 Å². The van der Waals surface area contributed by atoms with Crippen molar-refractivity contribution in [3.05, 3.63) is 95.6 Å². The quantitative estimate of drug-likeness (QED) is 0.452. The fourth-order valence-corrected chi connectivity index (χ4v) is 3.14. The van der Waals surface area contributed by atoms with Gasteiger partial charge in [0.15, 0.2) is 0 Å². The smallest absolute Gasteiger partial charge is 0.252 e. The molecule has 1 atom stereocenters. The van der Waals surface area contributed by atoms with E-state index in [0.717, 1.165) is 16.7 Å². The normalized spacial score (nSPS) is 12.2. The third-order valence-corrected chi connectivity index (χ3v) is 4.69. The first-order chi connectivity index (χ1) is 14.1. The van der Waals surface area contributed by atoms with Gasteiger partial charge >= 0.3 is 0 Å². The molecule has 3 aromatic carbocycles. The van der Waals surface area contributed by atoms with Crippen LogP contribution in [0.3, 0.4) is 0 Å². The van der Waals surface area contributed by atoms with Crippen LogP contribution in [0.4, 0.5) is 0 Å². The van der Waals surface area contributed by atoms with E-state index in [4.69, 9.17) is 9.47 Å². The molecule has 0 saturated heterocycles. The summed E-state index contributed by atoms with van der Waals surface area (Å²) in [5.74, 6) is 1.26. The number of carbonyl (C=O) groups excluding carboxylic acids is 1. The molecular weight excluding hydrogens is 362 g/mol. The van der Waals surface area contributed by atoms with Crippen LogP contribution in [0.1, 0.15) is 29.7 Å². The second kappa shape index (κ2) is 9.60. The minimum absolute atomic E-state index is 0.155. The molecule has 0 aliphatic rings. The Labute approximate surface area is 171 Å². The number of amides is 1. The van der Waals surface area contributed by atoms with E-state index >= 15 is 0 Å². The zero-order valence-corrected chi connectivity index (χ0v) is 16.9. The Morgan fingerprint density at radius 3 is 2.17 bits per heavy atom. The minimum atomic E-state index is -0.268. The maximum absolute atomic E-state index is 13.2. The summed E-state index contributed by atoms with van der Waals surface area (Å²) in [5, 5.41) is 3.10. The van der Waals surface area contributed by atoms with Crippen molar-refractivity contribution in [2.75, 3.05) is 14.2 Å². The number of rotatable bonds is 7. The Kier molecular flexibility index (Phi) is 6.69. The van der Waals surface area contributed by atoms with Crippen molar-refractivity contribution in [1.82, 2.24) is 5.32 Å². The highest BCUT2D eigenvalue weighted by Gasteiger charge is 2.18. The zero-order chi connectivity index (χ0) is 20.6. The average Bonchev–Trinajstić information content (AvgIpc) is 2.78. The van der Waals surface area contributed by atoms with Crippen LogP contribution in [0.25, 0.3) is 11.6 Å². The summed E-state index contributed by atoms with van der Waals surface area (Å²) < 4.78 is 10.8. The standard InChI is InChI=1S/C25H25NO3/c1-18(22-17-21(28-2)14-15-24(22)29-3)26-25(27)23(20-12-8-5-9-13-20)16-19-10-6-4-7-11-19/h4-18H,1-3H3,(H,26,27)/b23-16+/t18-/m1/s1. The van der Waals surface area contributed by atoms with Crippen molar-refractivity contribution in [3.63, 3.8) is 0 Å². The summed E-state index contributed by atoms with van der Waals surface area (Å²) in [6, 6.07) is 24.8. The molecular formula is C25H25NO3. The molecule has 0 fully saturated rings. The first-order valence-electron chi connectivity index (χ1n) is 9.47. The molecule has 0 aliphatic carbocycles. The highest BCUT2D eigenvalue weighted by molar-refractivity contribution is 6.24. The van der Waals surface area contributed by atoms with Gasteiger partial charge in [-0.1, -0.05) is 60.7 Å². The Morgan fingerprint density at radius 2 is 1.55 bits per heavy atom. The van der Waals surface area contributed by atoms with E-state index in [9.17, 15) is 4.79 Å². The molecule has 0 unspecified atom stereocenters. The first kappa shape index (κ1) is 20.2. The van der Waals surface area contributed by atoms with Crippen molar-refractivity contribution in [2.24, 2.45) is 0 Å². The SMILES string of the molecule is COc1ccc(OC)c([C@@H](C)NC(=O)/C(=C/c2ccccc2)c2ccccc2)c1. The molecule has 0 heterocycles. The number of methoxy groups -OCH3 is 2. The van der Waals surface area contributed by atoms with Crippen LogP contribution in [0.15, 0.2) is 78.9 Å². The van der Waals surface area contributed by atoms with E-state index in [2.05, 4.69) is 5.32 Å². The van der Waals surface area contributed by atoms with Crippen molar-refractivity contribution in [3.8, 4) is 11.5 Å². The summed E-state index contributed by atoms with van der Waals surface area (Å²) in [6.45, 7) is 1.93. The lowest BCUT2D eigenvalue weighted by molar-refractivity contribution is -0.116. The predicted molar refractivity (Wildman–Crippen MR) is 117 cm³/mol. The van der Waals surface area contributed by atoms with Gasteiger partial charge in [-0.25, -0.2) is 0 Å². The van der Waals surface area contributed by atoms with Crippen LogP contribution >= 0.6 is 0 Å². The van der Waals surface area contributed by atoms with E-state index in [1.165, 1.54) is 0 Å². The highest BCUT2D eigenvalue weighted by atomic mass is 16.5. The first-order valence-corrected chi connectivity index (χ1v) is 9.47. The van der Waals surface area contributed by atoms with E-state index in [-0.39, 0.29) is 11.9 Å². The Bertz CT molecular complexity index is 981. The molecule has 3 rings (SSSR count). The van der Waals surface area contributed by atoms with Gasteiger partial charge in [-0.3, -0.25) is 4.79 Å². The molecule has 0 spiro atoms. The van der Waals surface area contributed by atoms with Crippen LogP contribution in [0.2, 0.25) is 0 Å². The summed E-state index contributed by atoms with van der Waals surface area (Å²) in [5.41, 5.74) is 3.28. The lowest BCUT2D eigenvalue weighted by Gasteiger charge is -2.19. The van der Waals surface area contributed by atoms with Gasteiger partial charge in [0.25, 0.3) is 5.91 Å². The van der Waals surface area contributed by atoms with Gasteiger partial charge in [-0.05, 0) is 42.3 Å². The second-order valence-corrected chi connectivity index (χ2v) is 6.64. The molecule has 0 radical (unpaired) electrons. The molecule has 0 aromatic heterocycles. The molecule has 4 nitrogen and oxygen atoms in total. The number of hydrogen-bond donors (Lipinski definition) is 1. The summed E-state index contributed by atoms with van der Waals surface area (Å²) in [7, 11) is 3.23. The predicted octanol–water partition coefficient (Wildman–Crippen LogP) is 5.12. The number of carbonyl (C=O) groups is 1. The third kappa shape index (κ3) is 5.05. The van der Waals surface area contributed by atoms with Crippen LogP contribution in [-0.2, 0) is 4.79 Å². The van der Waals surface area contributed by atoms with Crippen LogP contribution in [-0.4, -0.2) is 20.1 Å². The molecule has 1 amide bonds. The second-order valence-electron chi connectivity index (χ2n) is 6.64. The number of hydrogen-bond acceptors (Lipinski definition) is 3. The molecule has 148 valence electrons. The van der Waals surface area contributed by atoms with Gasteiger partial charge in [0, 0.05) is 11.1 Å². The lowest BCUT2D eigenvalue weighted by Crippen LogP contribution is -2.27. The van der Waals surface area contributed by atoms with E-state index in [0.29, 0.717) is 17.1 Å². The maximum Gasteiger partial charge on any atom is 0.252 e. The fraction of sp³-hybridized carbons (Fsp3) is 0.160. The molecule has 1 N–H and O–H groups in total. The molecule has 4 heteroatoms.